The third kappa shape index (κ3) is 4.24. The first-order chi connectivity index (χ1) is 11.2. The Balaban J connectivity index is 1.65. The van der Waals surface area contributed by atoms with Crippen molar-refractivity contribution in [2.45, 2.75) is 6.92 Å². The molecule has 1 aromatic carbocycles. The Morgan fingerprint density at radius 3 is 2.74 bits per heavy atom. The van der Waals surface area contributed by atoms with Gasteiger partial charge in [-0.3, -0.25) is 10.2 Å². The standard InChI is InChI=1S/C16H14N4OS2/c1-11(21)18-13-6-4-12(5-7-13)15-10-23-16(19-15)20-17-9-14-3-2-8-22-14/h2-10H,1H3,(H,18,21)(H,19,20)/b17-9-. The number of amides is 1. The van der Waals surface area contributed by atoms with Gasteiger partial charge in [-0.15, -0.1) is 22.7 Å². The van der Waals surface area contributed by atoms with Crippen molar-refractivity contribution in [1.82, 2.24) is 4.98 Å². The second kappa shape index (κ2) is 7.17. The maximum Gasteiger partial charge on any atom is 0.221 e. The highest BCUT2D eigenvalue weighted by Crippen LogP contribution is 2.26. The van der Waals surface area contributed by atoms with Gasteiger partial charge in [0.2, 0.25) is 11.0 Å². The van der Waals surface area contributed by atoms with Crippen molar-refractivity contribution in [1.29, 1.82) is 0 Å². The van der Waals surface area contributed by atoms with Crippen molar-refractivity contribution < 1.29 is 4.79 Å². The number of carbonyl (C=O) groups is 1. The fourth-order valence-corrected chi connectivity index (χ4v) is 3.15. The van der Waals surface area contributed by atoms with Crippen molar-refractivity contribution in [3.8, 4) is 11.3 Å². The number of hydrogen-bond acceptors (Lipinski definition) is 6. The van der Waals surface area contributed by atoms with E-state index in [1.807, 2.05) is 47.2 Å². The van der Waals surface area contributed by atoms with Gasteiger partial charge in [0.05, 0.1) is 11.9 Å². The predicted molar refractivity (Wildman–Crippen MR) is 97.4 cm³/mol. The number of thiazole rings is 1. The first kappa shape index (κ1) is 15.4. The maximum absolute atomic E-state index is 11.0. The zero-order chi connectivity index (χ0) is 16.1. The molecule has 3 rings (SSSR count). The Labute approximate surface area is 141 Å². The number of hydrogen-bond donors (Lipinski definition) is 2. The van der Waals surface area contributed by atoms with Crippen molar-refractivity contribution >= 4 is 45.6 Å². The van der Waals surface area contributed by atoms with E-state index in [0.29, 0.717) is 0 Å². The lowest BCUT2D eigenvalue weighted by Gasteiger charge is -2.02. The summed E-state index contributed by atoms with van der Waals surface area (Å²) in [6, 6.07) is 11.6. The topological polar surface area (TPSA) is 66.4 Å². The minimum atomic E-state index is -0.0819. The number of nitrogens with zero attached hydrogens (tertiary/aromatic N) is 2. The average molecular weight is 342 g/mol. The molecule has 0 aliphatic rings. The molecule has 0 aliphatic carbocycles. The van der Waals surface area contributed by atoms with Crippen LogP contribution in [0.3, 0.4) is 0 Å². The smallest absolute Gasteiger partial charge is 0.221 e. The fourth-order valence-electron chi connectivity index (χ4n) is 1.90. The molecule has 23 heavy (non-hydrogen) atoms. The second-order valence-electron chi connectivity index (χ2n) is 4.68. The van der Waals surface area contributed by atoms with Gasteiger partial charge in [-0.25, -0.2) is 4.98 Å². The average Bonchev–Trinajstić information content (AvgIpc) is 3.19. The molecule has 3 aromatic rings. The van der Waals surface area contributed by atoms with E-state index in [1.165, 1.54) is 18.3 Å². The molecule has 2 aromatic heterocycles. The van der Waals surface area contributed by atoms with Crippen LogP contribution in [0.25, 0.3) is 11.3 Å². The molecule has 116 valence electrons. The first-order valence-corrected chi connectivity index (χ1v) is 8.63. The maximum atomic E-state index is 11.0. The van der Waals surface area contributed by atoms with E-state index in [-0.39, 0.29) is 5.91 Å². The molecular weight excluding hydrogens is 328 g/mol. The third-order valence-corrected chi connectivity index (χ3v) is 4.45. The molecule has 0 unspecified atom stereocenters. The Morgan fingerprint density at radius 2 is 2.04 bits per heavy atom. The van der Waals surface area contributed by atoms with Gasteiger partial charge in [0, 0.05) is 28.4 Å². The van der Waals surface area contributed by atoms with Crippen LogP contribution in [0.1, 0.15) is 11.8 Å². The minimum Gasteiger partial charge on any atom is -0.326 e. The molecule has 0 aliphatic heterocycles. The monoisotopic (exact) mass is 342 g/mol. The Morgan fingerprint density at radius 1 is 1.22 bits per heavy atom. The molecule has 0 atom stereocenters. The fraction of sp³-hybridized carbons (Fsp3) is 0.0625. The molecular formula is C16H14N4OS2. The number of hydrazone groups is 1. The van der Waals surface area contributed by atoms with E-state index in [0.717, 1.165) is 27.0 Å². The highest BCUT2D eigenvalue weighted by Gasteiger charge is 2.04. The van der Waals surface area contributed by atoms with Crippen LogP contribution >= 0.6 is 22.7 Å². The minimum absolute atomic E-state index is 0.0819. The summed E-state index contributed by atoms with van der Waals surface area (Å²) in [6.45, 7) is 1.49. The van der Waals surface area contributed by atoms with Crippen LogP contribution in [-0.4, -0.2) is 17.1 Å². The normalized spacial score (nSPS) is 10.8. The van der Waals surface area contributed by atoms with Gasteiger partial charge in [-0.05, 0) is 23.6 Å². The van der Waals surface area contributed by atoms with Crippen LogP contribution in [0.2, 0.25) is 0 Å². The van der Waals surface area contributed by atoms with Gasteiger partial charge in [0.15, 0.2) is 0 Å². The van der Waals surface area contributed by atoms with Crippen LogP contribution in [0.15, 0.2) is 52.3 Å². The van der Waals surface area contributed by atoms with Crippen molar-refractivity contribution in [2.75, 3.05) is 10.7 Å². The highest BCUT2D eigenvalue weighted by molar-refractivity contribution is 7.14. The summed E-state index contributed by atoms with van der Waals surface area (Å²) in [5.74, 6) is -0.0819. The number of nitrogens with one attached hydrogen (secondary N) is 2. The summed E-state index contributed by atoms with van der Waals surface area (Å²) in [6.07, 6.45) is 1.77. The molecule has 7 heteroatoms. The van der Waals surface area contributed by atoms with Gasteiger partial charge in [-0.2, -0.15) is 5.10 Å². The summed E-state index contributed by atoms with van der Waals surface area (Å²) >= 11 is 3.12. The van der Waals surface area contributed by atoms with Crippen molar-refractivity contribution in [3.63, 3.8) is 0 Å². The number of aromatic nitrogens is 1. The zero-order valence-corrected chi connectivity index (χ0v) is 13.9. The summed E-state index contributed by atoms with van der Waals surface area (Å²) < 4.78 is 0. The largest absolute Gasteiger partial charge is 0.326 e. The molecule has 0 saturated carbocycles. The first-order valence-electron chi connectivity index (χ1n) is 6.87. The molecule has 1 amide bonds. The van der Waals surface area contributed by atoms with E-state index in [9.17, 15) is 4.79 Å². The lowest BCUT2D eigenvalue weighted by Crippen LogP contribution is -2.05. The number of thiophene rings is 1. The van der Waals surface area contributed by atoms with Gasteiger partial charge in [-0.1, -0.05) is 18.2 Å². The summed E-state index contributed by atoms with van der Waals surface area (Å²) in [5.41, 5.74) is 5.58. The van der Waals surface area contributed by atoms with Crippen LogP contribution in [0.4, 0.5) is 10.8 Å². The number of carbonyl (C=O) groups excluding carboxylic acids is 1. The number of rotatable bonds is 5. The molecule has 0 radical (unpaired) electrons. The Kier molecular flexibility index (Phi) is 4.80. The summed E-state index contributed by atoms with van der Waals surface area (Å²) in [7, 11) is 0. The number of anilines is 2. The SMILES string of the molecule is CC(=O)Nc1ccc(-c2csc(N/N=C\c3cccs3)n2)cc1. The van der Waals surface area contributed by atoms with E-state index in [2.05, 4.69) is 20.8 Å². The van der Waals surface area contributed by atoms with E-state index < -0.39 is 0 Å². The van der Waals surface area contributed by atoms with Gasteiger partial charge >= 0.3 is 0 Å². The Bertz CT molecular complexity index is 807. The molecule has 0 bridgehead atoms. The Hall–Kier alpha value is -2.51. The molecule has 2 N–H and O–H groups in total. The van der Waals surface area contributed by atoms with Crippen molar-refractivity contribution in [3.05, 3.63) is 52.0 Å². The molecule has 0 saturated heterocycles. The van der Waals surface area contributed by atoms with Gasteiger partial charge < -0.3 is 5.32 Å². The van der Waals surface area contributed by atoms with Gasteiger partial charge in [0.25, 0.3) is 0 Å². The van der Waals surface area contributed by atoms with E-state index >= 15 is 0 Å². The molecule has 0 spiro atoms. The summed E-state index contributed by atoms with van der Waals surface area (Å²) in [5, 5.41) is 11.6. The van der Waals surface area contributed by atoms with Crippen LogP contribution < -0.4 is 10.7 Å². The zero-order valence-electron chi connectivity index (χ0n) is 12.3. The highest BCUT2D eigenvalue weighted by atomic mass is 32.1. The lowest BCUT2D eigenvalue weighted by molar-refractivity contribution is -0.114. The number of benzene rings is 1. The molecule has 2 heterocycles. The van der Waals surface area contributed by atoms with E-state index in [4.69, 9.17) is 0 Å². The lowest BCUT2D eigenvalue weighted by atomic mass is 10.1. The van der Waals surface area contributed by atoms with Gasteiger partial charge in [0.1, 0.15) is 0 Å². The van der Waals surface area contributed by atoms with Crippen LogP contribution in [-0.2, 0) is 4.79 Å². The predicted octanol–water partition coefficient (Wildman–Crippen LogP) is 4.28. The van der Waals surface area contributed by atoms with E-state index in [1.54, 1.807) is 17.6 Å². The third-order valence-electron chi connectivity index (χ3n) is 2.90. The van der Waals surface area contributed by atoms with Crippen molar-refractivity contribution in [2.24, 2.45) is 5.10 Å². The van der Waals surface area contributed by atoms with Crippen LogP contribution in [0.5, 0.6) is 0 Å². The molecule has 0 fully saturated rings. The van der Waals surface area contributed by atoms with Crippen LogP contribution in [0, 0.1) is 0 Å². The second-order valence-corrected chi connectivity index (χ2v) is 6.52. The summed E-state index contributed by atoms with van der Waals surface area (Å²) in [4.78, 5) is 16.6. The quantitative estimate of drug-likeness (QED) is 0.537. The molecule has 5 nitrogen and oxygen atoms in total.